The summed E-state index contributed by atoms with van der Waals surface area (Å²) in [6, 6.07) is 14.0. The highest BCUT2D eigenvalue weighted by molar-refractivity contribution is 7.92. The number of sulfonamides is 1. The normalized spacial score (nSPS) is 14.5. The van der Waals surface area contributed by atoms with Gasteiger partial charge in [0, 0.05) is 18.7 Å². The predicted octanol–water partition coefficient (Wildman–Crippen LogP) is 2.52. The number of rotatable bonds is 7. The summed E-state index contributed by atoms with van der Waals surface area (Å²) < 4.78 is 36.7. The number of morpholine rings is 1. The minimum atomic E-state index is -3.48. The number of anilines is 1. The van der Waals surface area contributed by atoms with Crippen molar-refractivity contribution in [3.63, 3.8) is 0 Å². The molecule has 0 spiro atoms. The molecule has 1 saturated heterocycles. The third kappa shape index (κ3) is 5.48. The first kappa shape index (κ1) is 21.1. The van der Waals surface area contributed by atoms with Crippen molar-refractivity contribution >= 4 is 21.6 Å². The van der Waals surface area contributed by atoms with Gasteiger partial charge in [0.2, 0.25) is 10.0 Å². The van der Waals surface area contributed by atoms with Crippen LogP contribution < -0.4 is 9.04 Å². The fourth-order valence-corrected chi connectivity index (χ4v) is 4.03. The van der Waals surface area contributed by atoms with Gasteiger partial charge in [-0.25, -0.2) is 8.42 Å². The lowest BCUT2D eigenvalue weighted by Gasteiger charge is -2.27. The van der Waals surface area contributed by atoms with Gasteiger partial charge < -0.3 is 14.4 Å². The van der Waals surface area contributed by atoms with Crippen molar-refractivity contribution in [3.05, 3.63) is 59.7 Å². The standard InChI is InChI=1S/C21H26N2O5S/c1-3-28-20-10-8-19(9-11-20)23(29(2,25)26)16-17-4-6-18(7-5-17)21(24)22-12-14-27-15-13-22/h4-11H,3,12-16H2,1-2H3. The Morgan fingerprint density at radius 1 is 1.07 bits per heavy atom. The summed E-state index contributed by atoms with van der Waals surface area (Å²) in [4.78, 5) is 14.3. The van der Waals surface area contributed by atoms with Crippen LogP contribution in [0.25, 0.3) is 0 Å². The Bertz CT molecular complexity index is 921. The molecule has 2 aromatic carbocycles. The predicted molar refractivity (Wildman–Crippen MR) is 112 cm³/mol. The maximum atomic E-state index is 12.6. The van der Waals surface area contributed by atoms with Crippen molar-refractivity contribution in [1.29, 1.82) is 0 Å². The first-order chi connectivity index (χ1) is 13.9. The fourth-order valence-electron chi connectivity index (χ4n) is 3.14. The highest BCUT2D eigenvalue weighted by Gasteiger charge is 2.20. The largest absolute Gasteiger partial charge is 0.494 e. The first-order valence-corrected chi connectivity index (χ1v) is 11.4. The summed E-state index contributed by atoms with van der Waals surface area (Å²) in [5.41, 5.74) is 1.94. The summed E-state index contributed by atoms with van der Waals surface area (Å²) in [7, 11) is -3.48. The molecule has 8 heteroatoms. The molecule has 0 N–H and O–H groups in total. The average Bonchev–Trinajstić information content (AvgIpc) is 2.73. The van der Waals surface area contributed by atoms with E-state index >= 15 is 0 Å². The fraction of sp³-hybridized carbons (Fsp3) is 0.381. The van der Waals surface area contributed by atoms with Crippen LogP contribution in [0.15, 0.2) is 48.5 Å². The molecule has 1 fully saturated rings. The molecule has 0 atom stereocenters. The van der Waals surface area contributed by atoms with Crippen molar-refractivity contribution in [3.8, 4) is 5.75 Å². The molecule has 29 heavy (non-hydrogen) atoms. The second-order valence-electron chi connectivity index (χ2n) is 6.80. The van der Waals surface area contributed by atoms with Crippen LogP contribution in [0.4, 0.5) is 5.69 Å². The second kappa shape index (κ2) is 9.28. The third-order valence-electron chi connectivity index (χ3n) is 4.66. The number of nitrogens with zero attached hydrogens (tertiary/aromatic N) is 2. The summed E-state index contributed by atoms with van der Waals surface area (Å²) in [5, 5.41) is 0. The molecule has 1 heterocycles. The zero-order chi connectivity index (χ0) is 20.9. The number of hydrogen-bond donors (Lipinski definition) is 0. The molecule has 0 aromatic heterocycles. The third-order valence-corrected chi connectivity index (χ3v) is 5.80. The van der Waals surface area contributed by atoms with E-state index in [-0.39, 0.29) is 12.5 Å². The lowest BCUT2D eigenvalue weighted by molar-refractivity contribution is 0.0303. The number of hydrogen-bond acceptors (Lipinski definition) is 5. The highest BCUT2D eigenvalue weighted by atomic mass is 32.2. The van der Waals surface area contributed by atoms with Gasteiger partial charge in [-0.15, -0.1) is 0 Å². The number of ether oxygens (including phenoxy) is 2. The van der Waals surface area contributed by atoms with Gasteiger partial charge >= 0.3 is 0 Å². The molecule has 3 rings (SSSR count). The van der Waals surface area contributed by atoms with E-state index in [1.165, 1.54) is 10.6 Å². The van der Waals surface area contributed by atoms with E-state index in [1.54, 1.807) is 53.4 Å². The maximum Gasteiger partial charge on any atom is 0.254 e. The van der Waals surface area contributed by atoms with Crippen molar-refractivity contribution in [2.45, 2.75) is 13.5 Å². The zero-order valence-corrected chi connectivity index (χ0v) is 17.5. The van der Waals surface area contributed by atoms with Gasteiger partial charge in [-0.1, -0.05) is 12.1 Å². The van der Waals surface area contributed by atoms with Gasteiger partial charge in [0.05, 0.1) is 38.3 Å². The van der Waals surface area contributed by atoms with Crippen LogP contribution in [0.5, 0.6) is 5.75 Å². The number of amides is 1. The molecule has 1 amide bonds. The Morgan fingerprint density at radius 3 is 2.24 bits per heavy atom. The van der Waals surface area contributed by atoms with Crippen molar-refractivity contribution < 1.29 is 22.7 Å². The molecular formula is C21H26N2O5S. The molecule has 1 aliphatic rings. The van der Waals surface area contributed by atoms with Gasteiger partial charge in [0.15, 0.2) is 0 Å². The van der Waals surface area contributed by atoms with Gasteiger partial charge in [0.25, 0.3) is 5.91 Å². The molecular weight excluding hydrogens is 392 g/mol. The number of carbonyl (C=O) groups is 1. The Morgan fingerprint density at radius 2 is 1.69 bits per heavy atom. The van der Waals surface area contributed by atoms with Gasteiger partial charge in [-0.3, -0.25) is 9.10 Å². The van der Waals surface area contributed by atoms with Crippen LogP contribution in [0.3, 0.4) is 0 Å². The summed E-state index contributed by atoms with van der Waals surface area (Å²) in [6.07, 6.45) is 1.18. The lowest BCUT2D eigenvalue weighted by atomic mass is 10.1. The Balaban J connectivity index is 1.75. The maximum absolute atomic E-state index is 12.6. The minimum absolute atomic E-state index is 0.0358. The van der Waals surface area contributed by atoms with Crippen LogP contribution in [0.2, 0.25) is 0 Å². The molecule has 1 aliphatic heterocycles. The number of carbonyl (C=O) groups excluding carboxylic acids is 1. The van der Waals surface area contributed by atoms with E-state index in [9.17, 15) is 13.2 Å². The summed E-state index contributed by atoms with van der Waals surface area (Å²) in [5.74, 6) is 0.655. The van der Waals surface area contributed by atoms with E-state index in [0.29, 0.717) is 49.9 Å². The van der Waals surface area contributed by atoms with Crippen LogP contribution in [-0.2, 0) is 21.3 Å². The van der Waals surface area contributed by atoms with Gasteiger partial charge in [-0.05, 0) is 48.9 Å². The number of benzene rings is 2. The monoisotopic (exact) mass is 418 g/mol. The molecule has 0 saturated carbocycles. The molecule has 156 valence electrons. The lowest BCUT2D eigenvalue weighted by Crippen LogP contribution is -2.40. The quantitative estimate of drug-likeness (QED) is 0.691. The molecule has 0 aliphatic carbocycles. The van der Waals surface area contributed by atoms with E-state index in [2.05, 4.69) is 0 Å². The molecule has 0 radical (unpaired) electrons. The SMILES string of the molecule is CCOc1ccc(N(Cc2ccc(C(=O)N3CCOCC3)cc2)S(C)(=O)=O)cc1. The van der Waals surface area contributed by atoms with Crippen LogP contribution in [0, 0.1) is 0 Å². The van der Waals surface area contributed by atoms with Crippen molar-refractivity contribution in [1.82, 2.24) is 4.90 Å². The Labute approximate surface area is 171 Å². The Hall–Kier alpha value is -2.58. The summed E-state index contributed by atoms with van der Waals surface area (Å²) >= 11 is 0. The minimum Gasteiger partial charge on any atom is -0.494 e. The first-order valence-electron chi connectivity index (χ1n) is 9.55. The van der Waals surface area contributed by atoms with Crippen molar-refractivity contribution in [2.75, 3.05) is 43.5 Å². The van der Waals surface area contributed by atoms with E-state index in [4.69, 9.17) is 9.47 Å². The zero-order valence-electron chi connectivity index (χ0n) is 16.7. The van der Waals surface area contributed by atoms with E-state index < -0.39 is 10.0 Å². The van der Waals surface area contributed by atoms with Crippen LogP contribution in [-0.4, -0.2) is 58.4 Å². The van der Waals surface area contributed by atoms with Gasteiger partial charge in [-0.2, -0.15) is 0 Å². The van der Waals surface area contributed by atoms with E-state index in [0.717, 1.165) is 5.56 Å². The van der Waals surface area contributed by atoms with Crippen molar-refractivity contribution in [2.24, 2.45) is 0 Å². The second-order valence-corrected chi connectivity index (χ2v) is 8.70. The molecule has 2 aromatic rings. The van der Waals surface area contributed by atoms with E-state index in [1.807, 2.05) is 6.92 Å². The average molecular weight is 419 g/mol. The summed E-state index contributed by atoms with van der Waals surface area (Å²) in [6.45, 7) is 4.89. The molecule has 0 bridgehead atoms. The Kier molecular flexibility index (Phi) is 6.76. The molecule has 0 unspecified atom stereocenters. The van der Waals surface area contributed by atoms with Gasteiger partial charge in [0.1, 0.15) is 5.75 Å². The topological polar surface area (TPSA) is 76.2 Å². The van der Waals surface area contributed by atoms with Crippen LogP contribution >= 0.6 is 0 Å². The highest BCUT2D eigenvalue weighted by Crippen LogP contribution is 2.24. The van der Waals surface area contributed by atoms with Crippen LogP contribution in [0.1, 0.15) is 22.8 Å². The molecule has 7 nitrogen and oxygen atoms in total. The smallest absolute Gasteiger partial charge is 0.254 e.